The number of ether oxygens (including phenoxy) is 2. The van der Waals surface area contributed by atoms with Crippen molar-refractivity contribution in [2.75, 3.05) is 24.9 Å². The predicted octanol–water partition coefficient (Wildman–Crippen LogP) is 5.64. The first kappa shape index (κ1) is 22.5. The molecule has 1 aromatic carbocycles. The van der Waals surface area contributed by atoms with E-state index < -0.39 is 24.2 Å². The number of thiophene rings is 1. The SMILES string of the molecule is COc1ccc(NC(=O)c2nn3c(c2Br)N[C@@H](c2cccs2)C[C@@H]3C(F)(F)F)cc1OC. The first-order valence-electron chi connectivity index (χ1n) is 9.41. The number of hydrogen-bond acceptors (Lipinski definition) is 6. The maximum atomic E-state index is 13.9. The zero-order valence-corrected chi connectivity index (χ0v) is 19.3. The molecule has 3 heterocycles. The van der Waals surface area contributed by atoms with Gasteiger partial charge in [-0.25, -0.2) is 4.68 Å². The van der Waals surface area contributed by atoms with Crippen LogP contribution < -0.4 is 20.1 Å². The normalized spacial score (nSPS) is 17.9. The van der Waals surface area contributed by atoms with Crippen LogP contribution in [0.1, 0.15) is 33.9 Å². The van der Waals surface area contributed by atoms with Gasteiger partial charge in [0.25, 0.3) is 5.91 Å². The van der Waals surface area contributed by atoms with Gasteiger partial charge in [0.1, 0.15) is 5.82 Å². The molecule has 170 valence electrons. The standard InChI is InChI=1S/C20H18BrF3N4O3S/c1-30-12-6-5-10(8-13(12)31-2)25-19(29)17-16(21)18-26-11(14-4-3-7-32-14)9-15(20(22,23)24)28(18)27-17/h3-8,11,15,26H,9H2,1-2H3,(H,25,29)/t11-,15-/m1/s1. The third-order valence-electron chi connectivity index (χ3n) is 5.04. The van der Waals surface area contributed by atoms with Crippen LogP contribution in [0.15, 0.2) is 40.2 Å². The number of aromatic nitrogens is 2. The van der Waals surface area contributed by atoms with Gasteiger partial charge >= 0.3 is 6.18 Å². The van der Waals surface area contributed by atoms with Gasteiger partial charge < -0.3 is 20.1 Å². The number of anilines is 2. The highest BCUT2D eigenvalue weighted by molar-refractivity contribution is 9.10. The lowest BCUT2D eigenvalue weighted by Gasteiger charge is -2.33. The van der Waals surface area contributed by atoms with E-state index in [-0.39, 0.29) is 22.4 Å². The number of nitrogens with one attached hydrogen (secondary N) is 2. The van der Waals surface area contributed by atoms with E-state index in [0.29, 0.717) is 17.2 Å². The summed E-state index contributed by atoms with van der Waals surface area (Å²) in [4.78, 5) is 13.7. The Bertz CT molecular complexity index is 1130. The zero-order chi connectivity index (χ0) is 23.0. The van der Waals surface area contributed by atoms with Crippen molar-refractivity contribution in [3.05, 3.63) is 50.8 Å². The van der Waals surface area contributed by atoms with Crippen LogP contribution in [0.3, 0.4) is 0 Å². The Hall–Kier alpha value is -2.73. The minimum atomic E-state index is -4.53. The van der Waals surface area contributed by atoms with Crippen LogP contribution in [0.4, 0.5) is 24.7 Å². The summed E-state index contributed by atoms with van der Waals surface area (Å²) >= 11 is 4.64. The van der Waals surface area contributed by atoms with Gasteiger partial charge in [-0.05, 0) is 39.5 Å². The van der Waals surface area contributed by atoms with Crippen molar-refractivity contribution in [1.82, 2.24) is 9.78 Å². The van der Waals surface area contributed by atoms with Gasteiger partial charge in [-0.3, -0.25) is 4.79 Å². The van der Waals surface area contributed by atoms with Crippen molar-refractivity contribution < 1.29 is 27.4 Å². The van der Waals surface area contributed by atoms with Crippen molar-refractivity contribution >= 4 is 44.7 Å². The van der Waals surface area contributed by atoms with Crippen LogP contribution in [-0.2, 0) is 0 Å². The Morgan fingerprint density at radius 3 is 2.66 bits per heavy atom. The lowest BCUT2D eigenvalue weighted by Crippen LogP contribution is -2.35. The minimum Gasteiger partial charge on any atom is -0.493 e. The van der Waals surface area contributed by atoms with Gasteiger partial charge in [-0.15, -0.1) is 11.3 Å². The van der Waals surface area contributed by atoms with E-state index >= 15 is 0 Å². The first-order chi connectivity index (χ1) is 15.2. The molecule has 0 saturated heterocycles. The Balaban J connectivity index is 1.67. The highest BCUT2D eigenvalue weighted by Crippen LogP contribution is 2.47. The van der Waals surface area contributed by atoms with E-state index in [1.54, 1.807) is 30.3 Å². The third kappa shape index (κ3) is 4.16. The van der Waals surface area contributed by atoms with Crippen molar-refractivity contribution in [2.24, 2.45) is 0 Å². The lowest BCUT2D eigenvalue weighted by atomic mass is 10.0. The zero-order valence-electron chi connectivity index (χ0n) is 16.9. The van der Waals surface area contributed by atoms with Gasteiger partial charge in [0, 0.05) is 23.1 Å². The Labute approximate surface area is 193 Å². The number of nitrogens with zero attached hydrogens (tertiary/aromatic N) is 2. The summed E-state index contributed by atoms with van der Waals surface area (Å²) in [6.07, 6.45) is -4.77. The number of hydrogen-bond donors (Lipinski definition) is 2. The molecule has 3 aromatic rings. The Kier molecular flexibility index (Phi) is 6.08. The minimum absolute atomic E-state index is 0.106. The molecule has 2 aromatic heterocycles. The molecule has 0 aliphatic carbocycles. The Morgan fingerprint density at radius 1 is 1.28 bits per heavy atom. The van der Waals surface area contributed by atoms with Gasteiger partial charge in [-0.2, -0.15) is 18.3 Å². The number of halogens is 4. The van der Waals surface area contributed by atoms with Crippen LogP contribution in [0.25, 0.3) is 0 Å². The molecule has 2 atom stereocenters. The van der Waals surface area contributed by atoms with Crippen LogP contribution in [0.5, 0.6) is 11.5 Å². The molecule has 7 nitrogen and oxygen atoms in total. The van der Waals surface area contributed by atoms with Crippen molar-refractivity contribution in [1.29, 1.82) is 0 Å². The van der Waals surface area contributed by atoms with E-state index in [1.165, 1.54) is 25.6 Å². The van der Waals surface area contributed by atoms with E-state index in [1.807, 2.05) is 5.38 Å². The molecule has 0 fully saturated rings. The number of carbonyl (C=O) groups excluding carboxylic acids is 1. The molecule has 12 heteroatoms. The molecule has 0 bridgehead atoms. The molecule has 0 spiro atoms. The summed E-state index contributed by atoms with van der Waals surface area (Å²) in [6.45, 7) is 0. The summed E-state index contributed by atoms with van der Waals surface area (Å²) in [6, 6.07) is 5.88. The average Bonchev–Trinajstić information content (AvgIpc) is 3.41. The number of rotatable bonds is 5. The fraction of sp³-hybridized carbons (Fsp3) is 0.300. The lowest BCUT2D eigenvalue weighted by molar-refractivity contribution is -0.173. The van der Waals surface area contributed by atoms with Crippen LogP contribution in [0, 0.1) is 0 Å². The molecule has 2 N–H and O–H groups in total. The Morgan fingerprint density at radius 2 is 2.03 bits per heavy atom. The molecule has 4 rings (SSSR count). The molecule has 0 radical (unpaired) electrons. The fourth-order valence-corrected chi connectivity index (χ4v) is 4.86. The number of alkyl halides is 3. The number of amides is 1. The van der Waals surface area contributed by atoms with Crippen LogP contribution in [-0.4, -0.2) is 36.1 Å². The van der Waals surface area contributed by atoms with Gasteiger partial charge in [0.2, 0.25) is 0 Å². The molecule has 32 heavy (non-hydrogen) atoms. The van der Waals surface area contributed by atoms with E-state index in [0.717, 1.165) is 9.56 Å². The van der Waals surface area contributed by atoms with Crippen molar-refractivity contribution in [3.8, 4) is 11.5 Å². The van der Waals surface area contributed by atoms with Gasteiger partial charge in [0.05, 0.1) is 24.7 Å². The molecule has 1 aliphatic rings. The van der Waals surface area contributed by atoms with Gasteiger partial charge in [-0.1, -0.05) is 6.07 Å². The van der Waals surface area contributed by atoms with E-state index in [4.69, 9.17) is 9.47 Å². The molecule has 1 aliphatic heterocycles. The quantitative estimate of drug-likeness (QED) is 0.446. The molecule has 0 unspecified atom stereocenters. The predicted molar refractivity (Wildman–Crippen MR) is 118 cm³/mol. The van der Waals surface area contributed by atoms with Crippen LogP contribution >= 0.6 is 27.3 Å². The molecule has 1 amide bonds. The topological polar surface area (TPSA) is 77.4 Å². The van der Waals surface area contributed by atoms with Crippen LogP contribution in [0.2, 0.25) is 0 Å². The maximum absolute atomic E-state index is 13.9. The maximum Gasteiger partial charge on any atom is 0.410 e. The number of carbonyl (C=O) groups is 1. The molecular weight excluding hydrogens is 513 g/mol. The summed E-state index contributed by atoms with van der Waals surface area (Å²) in [5.41, 5.74) is 0.214. The fourth-order valence-electron chi connectivity index (χ4n) is 3.51. The largest absolute Gasteiger partial charge is 0.493 e. The molecular formula is C20H18BrF3N4O3S. The highest BCUT2D eigenvalue weighted by atomic mass is 79.9. The van der Waals surface area contributed by atoms with E-state index in [2.05, 4.69) is 31.7 Å². The number of methoxy groups -OCH3 is 2. The van der Waals surface area contributed by atoms with E-state index in [9.17, 15) is 18.0 Å². The average molecular weight is 531 g/mol. The monoisotopic (exact) mass is 530 g/mol. The second-order valence-corrected chi connectivity index (χ2v) is 8.76. The smallest absolute Gasteiger partial charge is 0.410 e. The summed E-state index contributed by atoms with van der Waals surface area (Å²) in [5, 5.41) is 11.5. The first-order valence-corrected chi connectivity index (χ1v) is 11.1. The summed E-state index contributed by atoms with van der Waals surface area (Å²) < 4.78 is 52.9. The number of benzene rings is 1. The summed E-state index contributed by atoms with van der Waals surface area (Å²) in [5.74, 6) is 0.308. The summed E-state index contributed by atoms with van der Waals surface area (Å²) in [7, 11) is 2.94. The molecule has 0 saturated carbocycles. The van der Waals surface area contributed by atoms with Crippen molar-refractivity contribution in [2.45, 2.75) is 24.7 Å². The third-order valence-corrected chi connectivity index (χ3v) is 6.78. The van der Waals surface area contributed by atoms with Crippen molar-refractivity contribution in [3.63, 3.8) is 0 Å². The second-order valence-electron chi connectivity index (χ2n) is 6.99. The van der Waals surface area contributed by atoms with Gasteiger partial charge in [0.15, 0.2) is 23.2 Å². The number of fused-ring (bicyclic) bond motifs is 1. The highest BCUT2D eigenvalue weighted by Gasteiger charge is 2.48. The second kappa shape index (κ2) is 8.66.